The van der Waals surface area contributed by atoms with E-state index in [1.807, 2.05) is 0 Å². The van der Waals surface area contributed by atoms with Crippen molar-refractivity contribution in [1.29, 1.82) is 0 Å². The second kappa shape index (κ2) is 6.90. The quantitative estimate of drug-likeness (QED) is 0.791. The molecule has 1 atom stereocenters. The van der Waals surface area contributed by atoms with E-state index < -0.39 is 12.1 Å². The van der Waals surface area contributed by atoms with Crippen LogP contribution in [0.5, 0.6) is 17.4 Å². The Morgan fingerprint density at radius 2 is 1.86 bits per heavy atom. The first-order valence-electron chi connectivity index (χ1n) is 6.08. The molecular formula is C14H13ClN2O4. The molecule has 0 amide bonds. The van der Waals surface area contributed by atoms with Crippen LogP contribution in [0.2, 0.25) is 5.15 Å². The Labute approximate surface area is 126 Å². The van der Waals surface area contributed by atoms with Crippen molar-refractivity contribution in [1.82, 2.24) is 9.97 Å². The summed E-state index contributed by atoms with van der Waals surface area (Å²) in [7, 11) is 1.31. The van der Waals surface area contributed by atoms with Crippen molar-refractivity contribution in [2.24, 2.45) is 0 Å². The number of aromatic nitrogens is 2. The number of esters is 1. The molecule has 0 N–H and O–H groups in total. The van der Waals surface area contributed by atoms with E-state index in [9.17, 15) is 4.79 Å². The smallest absolute Gasteiger partial charge is 0.346 e. The van der Waals surface area contributed by atoms with E-state index in [0.29, 0.717) is 17.4 Å². The predicted molar refractivity (Wildman–Crippen MR) is 75.7 cm³/mol. The van der Waals surface area contributed by atoms with Crippen molar-refractivity contribution in [2.75, 3.05) is 7.11 Å². The number of methoxy groups -OCH3 is 1. The van der Waals surface area contributed by atoms with Gasteiger partial charge in [-0.15, -0.1) is 0 Å². The number of benzene rings is 1. The van der Waals surface area contributed by atoms with Gasteiger partial charge in [0.2, 0.25) is 5.88 Å². The van der Waals surface area contributed by atoms with Crippen LogP contribution in [0.25, 0.3) is 0 Å². The second-order valence-electron chi connectivity index (χ2n) is 4.04. The number of nitrogens with zero attached hydrogens (tertiary/aromatic N) is 2. The minimum absolute atomic E-state index is 0.249. The summed E-state index contributed by atoms with van der Waals surface area (Å²) >= 11 is 5.72. The highest BCUT2D eigenvalue weighted by Gasteiger charge is 2.14. The Balaban J connectivity index is 2.00. The summed E-state index contributed by atoms with van der Waals surface area (Å²) < 4.78 is 15.5. The summed E-state index contributed by atoms with van der Waals surface area (Å²) in [5.74, 6) is 0.922. The fourth-order valence-corrected chi connectivity index (χ4v) is 1.64. The lowest BCUT2D eigenvalue weighted by Crippen LogP contribution is -2.24. The van der Waals surface area contributed by atoms with E-state index in [2.05, 4.69) is 14.7 Å². The molecule has 6 nitrogen and oxygen atoms in total. The van der Waals surface area contributed by atoms with E-state index in [1.165, 1.54) is 19.5 Å². The number of hydrogen-bond acceptors (Lipinski definition) is 6. The fourth-order valence-electron chi connectivity index (χ4n) is 1.50. The lowest BCUT2D eigenvalue weighted by molar-refractivity contribution is -0.147. The fraction of sp³-hybridized carbons (Fsp3) is 0.214. The highest BCUT2D eigenvalue weighted by molar-refractivity contribution is 6.29. The molecule has 21 heavy (non-hydrogen) atoms. The van der Waals surface area contributed by atoms with Crippen molar-refractivity contribution in [3.63, 3.8) is 0 Å². The third kappa shape index (κ3) is 4.32. The first-order valence-corrected chi connectivity index (χ1v) is 6.46. The van der Waals surface area contributed by atoms with Gasteiger partial charge < -0.3 is 14.2 Å². The largest absolute Gasteiger partial charge is 0.479 e. The van der Waals surface area contributed by atoms with Gasteiger partial charge in [-0.25, -0.2) is 4.79 Å². The molecule has 0 saturated heterocycles. The molecule has 1 aromatic heterocycles. The van der Waals surface area contributed by atoms with Crippen molar-refractivity contribution < 1.29 is 19.0 Å². The number of carbonyl (C=O) groups is 1. The predicted octanol–water partition coefficient (Wildman–Crippen LogP) is 2.86. The van der Waals surface area contributed by atoms with Gasteiger partial charge in [0.15, 0.2) is 11.3 Å². The van der Waals surface area contributed by atoms with Crippen LogP contribution in [0.4, 0.5) is 0 Å². The molecule has 0 aliphatic heterocycles. The van der Waals surface area contributed by atoms with Crippen LogP contribution < -0.4 is 9.47 Å². The van der Waals surface area contributed by atoms with Gasteiger partial charge in [0, 0.05) is 0 Å². The standard InChI is InChI=1S/C14H13ClN2O4/c1-9(14(18)19-2)20-10-3-5-11(6-4-10)21-13-8-16-7-12(15)17-13/h3-9H,1-2H3. The molecular weight excluding hydrogens is 296 g/mol. The van der Waals surface area contributed by atoms with Gasteiger partial charge in [-0.1, -0.05) is 11.6 Å². The van der Waals surface area contributed by atoms with Gasteiger partial charge in [0.25, 0.3) is 0 Å². The Bertz CT molecular complexity index is 619. The zero-order valence-electron chi connectivity index (χ0n) is 11.4. The maximum Gasteiger partial charge on any atom is 0.346 e. The van der Waals surface area contributed by atoms with Gasteiger partial charge >= 0.3 is 5.97 Å². The van der Waals surface area contributed by atoms with Crippen LogP contribution in [0.15, 0.2) is 36.7 Å². The minimum Gasteiger partial charge on any atom is -0.479 e. The summed E-state index contributed by atoms with van der Waals surface area (Å²) in [4.78, 5) is 19.1. The Morgan fingerprint density at radius 3 is 2.48 bits per heavy atom. The van der Waals surface area contributed by atoms with Crippen LogP contribution in [-0.4, -0.2) is 29.2 Å². The minimum atomic E-state index is -0.680. The van der Waals surface area contributed by atoms with E-state index in [4.69, 9.17) is 21.1 Å². The summed E-state index contributed by atoms with van der Waals surface area (Å²) in [6.07, 6.45) is 2.19. The van der Waals surface area contributed by atoms with Crippen molar-refractivity contribution in [3.8, 4) is 17.4 Å². The van der Waals surface area contributed by atoms with Gasteiger partial charge in [0.1, 0.15) is 11.5 Å². The average molecular weight is 309 g/mol. The maximum atomic E-state index is 11.3. The van der Waals surface area contributed by atoms with Gasteiger partial charge in [-0.2, -0.15) is 4.98 Å². The average Bonchev–Trinajstić information content (AvgIpc) is 2.48. The van der Waals surface area contributed by atoms with Crippen molar-refractivity contribution in [3.05, 3.63) is 41.8 Å². The van der Waals surface area contributed by atoms with Gasteiger partial charge in [-0.3, -0.25) is 4.98 Å². The molecule has 0 saturated carbocycles. The van der Waals surface area contributed by atoms with Crippen LogP contribution in [0.1, 0.15) is 6.92 Å². The summed E-state index contributed by atoms with van der Waals surface area (Å²) in [5, 5.41) is 0.249. The molecule has 0 radical (unpaired) electrons. The molecule has 0 fully saturated rings. The summed E-state index contributed by atoms with van der Waals surface area (Å²) in [6.45, 7) is 1.61. The molecule has 0 aliphatic rings. The third-order valence-electron chi connectivity index (χ3n) is 2.48. The molecule has 1 unspecified atom stereocenters. The molecule has 2 aromatic rings. The van der Waals surface area contributed by atoms with Crippen LogP contribution in [0.3, 0.4) is 0 Å². The number of carbonyl (C=O) groups excluding carboxylic acids is 1. The van der Waals surface area contributed by atoms with Crippen LogP contribution in [0, 0.1) is 0 Å². The molecule has 0 spiro atoms. The van der Waals surface area contributed by atoms with Crippen molar-refractivity contribution >= 4 is 17.6 Å². The second-order valence-corrected chi connectivity index (χ2v) is 4.42. The first-order chi connectivity index (χ1) is 10.1. The monoisotopic (exact) mass is 308 g/mol. The summed E-state index contributed by atoms with van der Waals surface area (Å²) in [5.41, 5.74) is 0. The highest BCUT2D eigenvalue weighted by Crippen LogP contribution is 2.23. The SMILES string of the molecule is COC(=O)C(C)Oc1ccc(Oc2cncc(Cl)n2)cc1. The number of ether oxygens (including phenoxy) is 3. The molecule has 0 bridgehead atoms. The van der Waals surface area contributed by atoms with E-state index in [0.717, 1.165) is 0 Å². The van der Waals surface area contributed by atoms with Crippen LogP contribution >= 0.6 is 11.6 Å². The maximum absolute atomic E-state index is 11.3. The first kappa shape index (κ1) is 15.1. The number of hydrogen-bond donors (Lipinski definition) is 0. The van der Waals surface area contributed by atoms with Crippen LogP contribution in [-0.2, 0) is 9.53 Å². The van der Waals surface area contributed by atoms with Gasteiger partial charge in [0.05, 0.1) is 19.5 Å². The van der Waals surface area contributed by atoms with E-state index >= 15 is 0 Å². The number of rotatable bonds is 5. The topological polar surface area (TPSA) is 70.5 Å². The Hall–Kier alpha value is -2.34. The third-order valence-corrected chi connectivity index (χ3v) is 2.66. The molecule has 7 heteroatoms. The zero-order valence-corrected chi connectivity index (χ0v) is 12.2. The normalized spacial score (nSPS) is 11.6. The van der Waals surface area contributed by atoms with Crippen molar-refractivity contribution in [2.45, 2.75) is 13.0 Å². The highest BCUT2D eigenvalue weighted by atomic mass is 35.5. The Morgan fingerprint density at radius 1 is 1.19 bits per heavy atom. The van der Waals surface area contributed by atoms with Gasteiger partial charge in [-0.05, 0) is 31.2 Å². The molecule has 1 heterocycles. The molecule has 110 valence electrons. The van der Waals surface area contributed by atoms with E-state index in [1.54, 1.807) is 31.2 Å². The zero-order chi connectivity index (χ0) is 15.2. The Kier molecular flexibility index (Phi) is 4.94. The molecule has 2 rings (SSSR count). The number of halogens is 1. The molecule has 0 aliphatic carbocycles. The lowest BCUT2D eigenvalue weighted by atomic mass is 10.3. The molecule has 1 aromatic carbocycles. The lowest BCUT2D eigenvalue weighted by Gasteiger charge is -2.12. The summed E-state index contributed by atoms with van der Waals surface area (Å²) in [6, 6.07) is 6.71. The van der Waals surface area contributed by atoms with E-state index in [-0.39, 0.29) is 5.15 Å².